The molecule has 1 N–H and O–H groups in total. The van der Waals surface area contributed by atoms with Gasteiger partial charge in [-0.25, -0.2) is 13.4 Å². The third-order valence-electron chi connectivity index (χ3n) is 3.47. The SMILES string of the molecule is COc1cc(Br)c(S(=O)(=O)Nc2nc(C3CC3)cs2)cc1OC. The Morgan fingerprint density at radius 1 is 1.26 bits per heavy atom. The van der Waals surface area contributed by atoms with E-state index in [1.54, 1.807) is 6.07 Å². The number of methoxy groups -OCH3 is 2. The second-order valence-corrected chi connectivity index (χ2v) is 8.46. The first-order valence-electron chi connectivity index (χ1n) is 6.84. The number of halogens is 1. The van der Waals surface area contributed by atoms with Crippen molar-refractivity contribution in [1.82, 2.24) is 4.98 Å². The summed E-state index contributed by atoms with van der Waals surface area (Å²) in [5, 5.41) is 2.27. The van der Waals surface area contributed by atoms with Gasteiger partial charge in [-0.15, -0.1) is 11.3 Å². The van der Waals surface area contributed by atoms with Crippen molar-refractivity contribution < 1.29 is 17.9 Å². The van der Waals surface area contributed by atoms with Crippen molar-refractivity contribution in [1.29, 1.82) is 0 Å². The van der Waals surface area contributed by atoms with Crippen LogP contribution in [0.25, 0.3) is 0 Å². The molecule has 3 rings (SSSR count). The van der Waals surface area contributed by atoms with E-state index >= 15 is 0 Å². The number of thiazole rings is 1. The summed E-state index contributed by atoms with van der Waals surface area (Å²) < 4.78 is 38.5. The van der Waals surface area contributed by atoms with Crippen LogP contribution in [0.15, 0.2) is 26.9 Å². The van der Waals surface area contributed by atoms with Gasteiger partial charge in [0.15, 0.2) is 16.6 Å². The van der Waals surface area contributed by atoms with Crippen LogP contribution in [0, 0.1) is 0 Å². The Labute approximate surface area is 147 Å². The summed E-state index contributed by atoms with van der Waals surface area (Å²) in [6.45, 7) is 0. The van der Waals surface area contributed by atoms with E-state index in [0.29, 0.717) is 27.0 Å². The van der Waals surface area contributed by atoms with Gasteiger partial charge in [-0.3, -0.25) is 4.72 Å². The van der Waals surface area contributed by atoms with Crippen LogP contribution in [0.5, 0.6) is 11.5 Å². The summed E-state index contributed by atoms with van der Waals surface area (Å²) in [5.74, 6) is 1.27. The number of nitrogens with zero attached hydrogens (tertiary/aromatic N) is 1. The average molecular weight is 419 g/mol. The number of benzene rings is 1. The molecule has 0 spiro atoms. The highest BCUT2D eigenvalue weighted by Crippen LogP contribution is 2.41. The molecule has 2 aromatic rings. The molecule has 0 radical (unpaired) electrons. The molecule has 0 bridgehead atoms. The summed E-state index contributed by atoms with van der Waals surface area (Å²) in [6.07, 6.45) is 2.24. The molecule has 124 valence electrons. The van der Waals surface area contributed by atoms with Crippen LogP contribution >= 0.6 is 27.3 Å². The fourth-order valence-electron chi connectivity index (χ4n) is 2.11. The fourth-order valence-corrected chi connectivity index (χ4v) is 5.19. The van der Waals surface area contributed by atoms with Crippen molar-refractivity contribution >= 4 is 42.4 Å². The summed E-state index contributed by atoms with van der Waals surface area (Å²) >= 11 is 4.56. The molecule has 0 aliphatic heterocycles. The number of sulfonamides is 1. The topological polar surface area (TPSA) is 77.5 Å². The Balaban J connectivity index is 1.91. The van der Waals surface area contributed by atoms with Gasteiger partial charge in [-0.1, -0.05) is 0 Å². The number of aromatic nitrogens is 1. The highest BCUT2D eigenvalue weighted by molar-refractivity contribution is 9.10. The molecule has 0 amide bonds. The van der Waals surface area contributed by atoms with Crippen LogP contribution in [-0.2, 0) is 10.0 Å². The van der Waals surface area contributed by atoms with E-state index in [0.717, 1.165) is 18.5 Å². The number of ether oxygens (including phenoxy) is 2. The molecule has 0 unspecified atom stereocenters. The fraction of sp³-hybridized carbons (Fsp3) is 0.357. The van der Waals surface area contributed by atoms with Crippen LogP contribution in [0.2, 0.25) is 0 Å². The van der Waals surface area contributed by atoms with Crippen molar-refractivity contribution in [2.24, 2.45) is 0 Å². The molecule has 1 aromatic carbocycles. The van der Waals surface area contributed by atoms with Gasteiger partial charge in [0.05, 0.1) is 19.9 Å². The molecule has 1 aromatic heterocycles. The maximum absolute atomic E-state index is 12.6. The van der Waals surface area contributed by atoms with E-state index in [4.69, 9.17) is 9.47 Å². The summed E-state index contributed by atoms with van der Waals surface area (Å²) in [5.41, 5.74) is 0.957. The Morgan fingerprint density at radius 3 is 2.52 bits per heavy atom. The quantitative estimate of drug-likeness (QED) is 0.774. The average Bonchev–Trinajstić information content (AvgIpc) is 3.27. The molecule has 1 aliphatic rings. The standard InChI is InChI=1S/C14H15BrN2O4S2/c1-20-11-5-9(15)13(6-12(11)21-2)23(18,19)17-14-16-10(7-22-14)8-3-4-8/h5-8H,3-4H2,1-2H3,(H,16,17). The molecule has 23 heavy (non-hydrogen) atoms. The van der Waals surface area contributed by atoms with Crippen LogP contribution in [0.3, 0.4) is 0 Å². The minimum atomic E-state index is -3.78. The zero-order valence-electron chi connectivity index (χ0n) is 12.5. The molecule has 1 fully saturated rings. The van der Waals surface area contributed by atoms with Gasteiger partial charge in [0, 0.05) is 21.8 Å². The zero-order chi connectivity index (χ0) is 16.6. The minimum Gasteiger partial charge on any atom is -0.493 e. The van der Waals surface area contributed by atoms with Gasteiger partial charge in [-0.2, -0.15) is 0 Å². The monoisotopic (exact) mass is 418 g/mol. The van der Waals surface area contributed by atoms with E-state index < -0.39 is 10.0 Å². The largest absolute Gasteiger partial charge is 0.493 e. The Kier molecular flexibility index (Phi) is 4.52. The first-order valence-corrected chi connectivity index (χ1v) is 10.00. The van der Waals surface area contributed by atoms with E-state index in [2.05, 4.69) is 25.6 Å². The second kappa shape index (κ2) is 6.29. The van der Waals surface area contributed by atoms with E-state index in [1.807, 2.05) is 5.38 Å². The molecule has 0 saturated heterocycles. The lowest BCUT2D eigenvalue weighted by Gasteiger charge is -2.12. The van der Waals surface area contributed by atoms with Crippen molar-refractivity contribution in [3.05, 3.63) is 27.7 Å². The molecule has 1 aliphatic carbocycles. The number of rotatable bonds is 6. The third-order valence-corrected chi connectivity index (χ3v) is 6.67. The van der Waals surface area contributed by atoms with Crippen LogP contribution in [0.1, 0.15) is 24.5 Å². The summed E-state index contributed by atoms with van der Waals surface area (Å²) in [6, 6.07) is 2.98. The molecular formula is C14H15BrN2O4S2. The van der Waals surface area contributed by atoms with Gasteiger partial charge < -0.3 is 9.47 Å². The van der Waals surface area contributed by atoms with Gasteiger partial charge in [0.2, 0.25) is 0 Å². The molecule has 1 saturated carbocycles. The van der Waals surface area contributed by atoms with E-state index in [9.17, 15) is 8.42 Å². The molecular weight excluding hydrogens is 404 g/mol. The van der Waals surface area contributed by atoms with Gasteiger partial charge in [0.25, 0.3) is 10.0 Å². The first-order chi connectivity index (χ1) is 10.9. The maximum Gasteiger partial charge on any atom is 0.264 e. The molecule has 0 atom stereocenters. The number of hydrogen-bond acceptors (Lipinski definition) is 6. The maximum atomic E-state index is 12.6. The normalized spacial score (nSPS) is 14.6. The van der Waals surface area contributed by atoms with Crippen LogP contribution in [-0.4, -0.2) is 27.6 Å². The number of hydrogen-bond donors (Lipinski definition) is 1. The number of anilines is 1. The number of nitrogens with one attached hydrogen (secondary N) is 1. The smallest absolute Gasteiger partial charge is 0.264 e. The predicted molar refractivity (Wildman–Crippen MR) is 92.1 cm³/mol. The van der Waals surface area contributed by atoms with Crippen molar-refractivity contribution in [3.63, 3.8) is 0 Å². The molecule has 1 heterocycles. The van der Waals surface area contributed by atoms with E-state index in [1.165, 1.54) is 31.6 Å². The lowest BCUT2D eigenvalue weighted by molar-refractivity contribution is 0.353. The van der Waals surface area contributed by atoms with Crippen molar-refractivity contribution in [2.75, 3.05) is 18.9 Å². The minimum absolute atomic E-state index is 0.0679. The Morgan fingerprint density at radius 2 is 1.91 bits per heavy atom. The van der Waals surface area contributed by atoms with Gasteiger partial charge in [-0.05, 0) is 34.8 Å². The van der Waals surface area contributed by atoms with Crippen molar-refractivity contribution in [3.8, 4) is 11.5 Å². The van der Waals surface area contributed by atoms with Crippen molar-refractivity contribution in [2.45, 2.75) is 23.7 Å². The lowest BCUT2D eigenvalue weighted by atomic mass is 10.3. The highest BCUT2D eigenvalue weighted by Gasteiger charge is 2.27. The lowest BCUT2D eigenvalue weighted by Crippen LogP contribution is -2.14. The van der Waals surface area contributed by atoms with E-state index in [-0.39, 0.29) is 4.90 Å². The third kappa shape index (κ3) is 3.46. The predicted octanol–water partition coefficient (Wildman–Crippen LogP) is 3.60. The zero-order valence-corrected chi connectivity index (χ0v) is 15.7. The van der Waals surface area contributed by atoms with Crippen LogP contribution < -0.4 is 14.2 Å². The van der Waals surface area contributed by atoms with Gasteiger partial charge in [0.1, 0.15) is 4.90 Å². The van der Waals surface area contributed by atoms with Gasteiger partial charge >= 0.3 is 0 Å². The second-order valence-electron chi connectivity index (χ2n) is 5.09. The summed E-state index contributed by atoms with van der Waals surface area (Å²) in [7, 11) is -0.830. The summed E-state index contributed by atoms with van der Waals surface area (Å²) in [4.78, 5) is 4.41. The highest BCUT2D eigenvalue weighted by atomic mass is 79.9. The Hall–Kier alpha value is -1.32. The van der Waals surface area contributed by atoms with Crippen LogP contribution in [0.4, 0.5) is 5.13 Å². The Bertz CT molecular complexity index is 831. The molecule has 9 heteroatoms. The first kappa shape index (κ1) is 16.5. The molecule has 6 nitrogen and oxygen atoms in total.